The van der Waals surface area contributed by atoms with Crippen LogP contribution in [0, 0.1) is 6.20 Å². The summed E-state index contributed by atoms with van der Waals surface area (Å²) in [5.74, 6) is 1.54. The summed E-state index contributed by atoms with van der Waals surface area (Å²) in [6.45, 7) is 5.16. The van der Waals surface area contributed by atoms with Gasteiger partial charge in [-0.3, -0.25) is 0 Å². The smallest absolute Gasteiger partial charge is 0.161 e. The average molecular weight is 248 g/mol. The first-order valence-electron chi connectivity index (χ1n) is 5.56. The van der Waals surface area contributed by atoms with E-state index < -0.39 is 0 Å². The van der Waals surface area contributed by atoms with Crippen LogP contribution in [-0.2, 0) is 0 Å². The second kappa shape index (κ2) is 5.68. The summed E-state index contributed by atoms with van der Waals surface area (Å²) in [5.41, 5.74) is 1.03. The lowest BCUT2D eigenvalue weighted by Gasteiger charge is -2.11. The molecule has 0 amide bonds. The molecule has 1 aromatic carbocycles. The monoisotopic (exact) mass is 248 g/mol. The van der Waals surface area contributed by atoms with Crippen LogP contribution >= 0.6 is 11.3 Å². The van der Waals surface area contributed by atoms with Crippen LogP contribution in [0.3, 0.4) is 0 Å². The van der Waals surface area contributed by atoms with Crippen molar-refractivity contribution in [1.29, 1.82) is 0 Å². The Morgan fingerprint density at radius 1 is 1.18 bits per heavy atom. The van der Waals surface area contributed by atoms with Crippen LogP contribution in [0.1, 0.15) is 13.8 Å². The number of thiazole rings is 1. The molecule has 0 N–H and O–H groups in total. The fourth-order valence-electron chi connectivity index (χ4n) is 1.51. The molecule has 1 heterocycles. The number of hydrogen-bond donors (Lipinski definition) is 0. The van der Waals surface area contributed by atoms with E-state index in [2.05, 4.69) is 11.2 Å². The fraction of sp³-hybridized carbons (Fsp3) is 0.308. The maximum atomic E-state index is 5.57. The minimum atomic E-state index is 0.619. The fourth-order valence-corrected chi connectivity index (χ4v) is 2.10. The Hall–Kier alpha value is -1.55. The van der Waals surface area contributed by atoms with Crippen molar-refractivity contribution in [3.63, 3.8) is 0 Å². The van der Waals surface area contributed by atoms with Gasteiger partial charge in [0.2, 0.25) is 0 Å². The molecule has 0 spiro atoms. The van der Waals surface area contributed by atoms with Gasteiger partial charge >= 0.3 is 0 Å². The second-order valence-electron chi connectivity index (χ2n) is 3.31. The van der Waals surface area contributed by atoms with E-state index in [0.717, 1.165) is 22.1 Å². The Bertz CT molecular complexity index is 468. The van der Waals surface area contributed by atoms with Crippen LogP contribution in [0.4, 0.5) is 0 Å². The number of aromatic nitrogens is 1. The van der Waals surface area contributed by atoms with E-state index in [1.807, 2.05) is 37.4 Å². The zero-order chi connectivity index (χ0) is 12.1. The van der Waals surface area contributed by atoms with Crippen molar-refractivity contribution >= 4 is 11.3 Å². The van der Waals surface area contributed by atoms with E-state index in [9.17, 15) is 0 Å². The minimum Gasteiger partial charge on any atom is -0.490 e. The molecule has 89 valence electrons. The third-order valence-corrected chi connectivity index (χ3v) is 2.95. The second-order valence-corrected chi connectivity index (χ2v) is 4.17. The molecule has 0 fully saturated rings. The summed E-state index contributed by atoms with van der Waals surface area (Å²) in [6, 6.07) is 5.87. The first kappa shape index (κ1) is 11.9. The quantitative estimate of drug-likeness (QED) is 0.812. The number of hydrogen-bond acceptors (Lipinski definition) is 4. The van der Waals surface area contributed by atoms with Gasteiger partial charge in [0.25, 0.3) is 0 Å². The highest BCUT2D eigenvalue weighted by atomic mass is 32.1. The number of ether oxygens (including phenoxy) is 2. The van der Waals surface area contributed by atoms with Crippen LogP contribution in [0.15, 0.2) is 23.6 Å². The third kappa shape index (κ3) is 2.77. The zero-order valence-corrected chi connectivity index (χ0v) is 10.7. The van der Waals surface area contributed by atoms with Crippen molar-refractivity contribution in [2.75, 3.05) is 13.2 Å². The molecular formula is C13H14NO2S. The van der Waals surface area contributed by atoms with Crippen molar-refractivity contribution in [1.82, 2.24) is 4.98 Å². The van der Waals surface area contributed by atoms with Gasteiger partial charge in [-0.15, -0.1) is 11.3 Å². The van der Waals surface area contributed by atoms with Crippen LogP contribution < -0.4 is 9.47 Å². The molecule has 0 aliphatic heterocycles. The molecule has 0 saturated heterocycles. The predicted molar refractivity (Wildman–Crippen MR) is 68.7 cm³/mol. The molecule has 0 bridgehead atoms. The van der Waals surface area contributed by atoms with E-state index >= 15 is 0 Å². The molecule has 2 rings (SSSR count). The van der Waals surface area contributed by atoms with Crippen molar-refractivity contribution < 1.29 is 9.47 Å². The van der Waals surface area contributed by atoms with Gasteiger partial charge in [0.05, 0.1) is 13.2 Å². The van der Waals surface area contributed by atoms with Gasteiger partial charge < -0.3 is 9.47 Å². The van der Waals surface area contributed by atoms with E-state index in [-0.39, 0.29) is 0 Å². The average Bonchev–Trinajstić information content (AvgIpc) is 2.85. The lowest BCUT2D eigenvalue weighted by Crippen LogP contribution is -1.98. The summed E-state index contributed by atoms with van der Waals surface area (Å²) in [5, 5.41) is 2.78. The number of nitrogens with zero attached hydrogens (tertiary/aromatic N) is 1. The highest BCUT2D eigenvalue weighted by molar-refractivity contribution is 7.13. The Morgan fingerprint density at radius 3 is 2.59 bits per heavy atom. The van der Waals surface area contributed by atoms with Crippen molar-refractivity contribution in [2.45, 2.75) is 13.8 Å². The third-order valence-electron chi connectivity index (χ3n) is 2.18. The largest absolute Gasteiger partial charge is 0.490 e. The first-order chi connectivity index (χ1) is 8.35. The molecule has 3 nitrogen and oxygen atoms in total. The van der Waals surface area contributed by atoms with Crippen LogP contribution in [0.2, 0.25) is 0 Å². The van der Waals surface area contributed by atoms with Crippen LogP contribution in [0.5, 0.6) is 11.5 Å². The van der Waals surface area contributed by atoms with Gasteiger partial charge in [0.1, 0.15) is 11.2 Å². The molecular weight excluding hydrogens is 234 g/mol. The molecule has 0 saturated carbocycles. The normalized spacial score (nSPS) is 10.2. The zero-order valence-electron chi connectivity index (χ0n) is 9.90. The van der Waals surface area contributed by atoms with Crippen molar-refractivity contribution in [3.05, 3.63) is 29.8 Å². The Kier molecular flexibility index (Phi) is 3.98. The van der Waals surface area contributed by atoms with Gasteiger partial charge in [-0.1, -0.05) is 0 Å². The van der Waals surface area contributed by atoms with Gasteiger partial charge in [-0.05, 0) is 32.0 Å². The van der Waals surface area contributed by atoms with Crippen LogP contribution in [-0.4, -0.2) is 18.2 Å². The lowest BCUT2D eigenvalue weighted by atomic mass is 10.2. The topological polar surface area (TPSA) is 31.4 Å². The lowest BCUT2D eigenvalue weighted by molar-refractivity contribution is 0.288. The summed E-state index contributed by atoms with van der Waals surface area (Å²) in [6.07, 6.45) is 2.82. The molecule has 0 aliphatic carbocycles. The SMILES string of the molecule is CCOc1ccc(-c2n[c]cs2)cc1OCC. The molecule has 1 radical (unpaired) electrons. The van der Waals surface area contributed by atoms with Gasteiger partial charge in [0.15, 0.2) is 11.5 Å². The van der Waals surface area contributed by atoms with Crippen molar-refractivity contribution in [3.8, 4) is 22.1 Å². The van der Waals surface area contributed by atoms with E-state index in [1.54, 1.807) is 11.3 Å². The molecule has 4 heteroatoms. The molecule has 0 unspecified atom stereocenters. The summed E-state index contributed by atoms with van der Waals surface area (Å²) in [7, 11) is 0. The predicted octanol–water partition coefficient (Wildman–Crippen LogP) is 3.41. The Balaban J connectivity index is 2.34. The van der Waals surface area contributed by atoms with Gasteiger partial charge in [-0.25, -0.2) is 4.98 Å². The Morgan fingerprint density at radius 2 is 1.94 bits per heavy atom. The molecule has 0 atom stereocenters. The van der Waals surface area contributed by atoms with E-state index in [1.165, 1.54) is 0 Å². The standard InChI is InChI=1S/C13H14NO2S/c1-3-15-11-6-5-10(9-12(11)16-4-2)13-14-7-8-17-13/h5-6,8-9H,3-4H2,1-2H3. The molecule has 17 heavy (non-hydrogen) atoms. The highest BCUT2D eigenvalue weighted by Crippen LogP contribution is 2.33. The number of rotatable bonds is 5. The molecule has 0 aliphatic rings. The van der Waals surface area contributed by atoms with Gasteiger partial charge in [0, 0.05) is 10.9 Å². The van der Waals surface area contributed by atoms with E-state index in [4.69, 9.17) is 9.47 Å². The summed E-state index contributed by atoms with van der Waals surface area (Å²) >= 11 is 1.56. The Labute approximate surface area is 105 Å². The number of benzene rings is 1. The summed E-state index contributed by atoms with van der Waals surface area (Å²) in [4.78, 5) is 4.16. The molecule has 2 aromatic rings. The molecule has 1 aromatic heterocycles. The van der Waals surface area contributed by atoms with Crippen LogP contribution in [0.25, 0.3) is 10.6 Å². The highest BCUT2D eigenvalue weighted by Gasteiger charge is 2.08. The minimum absolute atomic E-state index is 0.619. The van der Waals surface area contributed by atoms with Crippen molar-refractivity contribution in [2.24, 2.45) is 0 Å². The van der Waals surface area contributed by atoms with E-state index in [0.29, 0.717) is 13.2 Å². The maximum Gasteiger partial charge on any atom is 0.161 e. The summed E-state index contributed by atoms with van der Waals surface area (Å²) < 4.78 is 11.1. The first-order valence-corrected chi connectivity index (χ1v) is 6.44. The van der Waals surface area contributed by atoms with Gasteiger partial charge in [-0.2, -0.15) is 0 Å². The maximum absolute atomic E-state index is 5.57.